The van der Waals surface area contributed by atoms with Gasteiger partial charge in [0.2, 0.25) is 11.8 Å². The number of benzene rings is 2. The molecule has 2 aromatic rings. The van der Waals surface area contributed by atoms with Gasteiger partial charge in [-0.3, -0.25) is 9.59 Å². The van der Waals surface area contributed by atoms with Gasteiger partial charge in [-0.2, -0.15) is 8.42 Å². The molecule has 0 saturated carbocycles. The lowest BCUT2D eigenvalue weighted by atomic mass is 9.83. The maximum Gasteiger partial charge on any atom is 0.409 e. The summed E-state index contributed by atoms with van der Waals surface area (Å²) in [6.45, 7) is 24.0. The highest BCUT2D eigenvalue weighted by Gasteiger charge is 2.27. The standard InChI is InChI=1S/C34H53N3O5S/c1-18(2)24-13-26(19(3)4)30(27(14-24)20(5)6)17-31(38)37-43(40,41)42-33-28(21(7)8)15-25(16-29(33)22(9)10)36-34(39)32(35)23(11)12/h13-16,18-23,32H,17,35H2,1-12H3,(H,36,39)(H,37,38)/t32-/m0/s1. The number of amides is 2. The lowest BCUT2D eigenvalue weighted by Crippen LogP contribution is -2.39. The molecule has 0 aromatic heterocycles. The van der Waals surface area contributed by atoms with Gasteiger partial charge in [-0.05, 0) is 69.9 Å². The zero-order chi connectivity index (χ0) is 33.0. The van der Waals surface area contributed by atoms with Gasteiger partial charge < -0.3 is 15.2 Å². The maximum absolute atomic E-state index is 13.3. The van der Waals surface area contributed by atoms with E-state index < -0.39 is 22.3 Å². The Morgan fingerprint density at radius 2 is 1.16 bits per heavy atom. The SMILES string of the molecule is CC(C)c1cc(C(C)C)c(CC(=O)NS(=O)(=O)Oc2c(C(C)C)cc(NC(=O)[C@@H](N)C(C)C)cc2C(C)C)c(C(C)C)c1. The van der Waals surface area contributed by atoms with Crippen LogP contribution in [0.15, 0.2) is 24.3 Å². The van der Waals surface area contributed by atoms with E-state index in [-0.39, 0.29) is 47.7 Å². The molecule has 0 saturated heterocycles. The molecule has 0 unspecified atom stereocenters. The topological polar surface area (TPSA) is 128 Å². The van der Waals surface area contributed by atoms with Crippen molar-refractivity contribution in [1.82, 2.24) is 4.72 Å². The molecule has 2 aromatic carbocycles. The van der Waals surface area contributed by atoms with Gasteiger partial charge in [0.1, 0.15) is 0 Å². The third-order valence-corrected chi connectivity index (χ3v) is 8.56. The van der Waals surface area contributed by atoms with Crippen LogP contribution < -0.4 is 20.0 Å². The average molecular weight is 616 g/mol. The minimum Gasteiger partial charge on any atom is -0.366 e. The van der Waals surface area contributed by atoms with Gasteiger partial charge in [-0.15, -0.1) is 0 Å². The first-order chi connectivity index (χ1) is 19.7. The Kier molecular flexibility index (Phi) is 12.4. The van der Waals surface area contributed by atoms with E-state index in [4.69, 9.17) is 9.92 Å². The van der Waals surface area contributed by atoms with Crippen molar-refractivity contribution in [3.8, 4) is 5.75 Å². The fourth-order valence-corrected chi connectivity index (χ4v) is 5.81. The van der Waals surface area contributed by atoms with Crippen LogP contribution in [0.5, 0.6) is 5.75 Å². The van der Waals surface area contributed by atoms with Crippen molar-refractivity contribution < 1.29 is 22.2 Å². The molecule has 43 heavy (non-hydrogen) atoms. The molecule has 0 fully saturated rings. The number of anilines is 1. The zero-order valence-electron chi connectivity index (χ0n) is 28.1. The van der Waals surface area contributed by atoms with Crippen LogP contribution in [0.2, 0.25) is 0 Å². The molecule has 4 N–H and O–H groups in total. The van der Waals surface area contributed by atoms with E-state index >= 15 is 0 Å². The second-order valence-electron chi connectivity index (χ2n) is 13.4. The molecule has 0 aliphatic rings. The summed E-state index contributed by atoms with van der Waals surface area (Å²) in [4.78, 5) is 26.0. The monoisotopic (exact) mass is 615 g/mol. The summed E-state index contributed by atoms with van der Waals surface area (Å²) >= 11 is 0. The molecule has 0 heterocycles. The van der Waals surface area contributed by atoms with Crippen LogP contribution in [-0.2, 0) is 26.3 Å². The Bertz CT molecular complexity index is 1350. The number of carbonyl (C=O) groups is 2. The fraction of sp³-hybridized carbons (Fsp3) is 0.588. The van der Waals surface area contributed by atoms with E-state index in [1.54, 1.807) is 12.1 Å². The van der Waals surface area contributed by atoms with Gasteiger partial charge in [-0.25, -0.2) is 4.72 Å². The molecule has 0 spiro atoms. The van der Waals surface area contributed by atoms with Crippen molar-refractivity contribution in [3.05, 3.63) is 57.6 Å². The predicted octanol–water partition coefficient (Wildman–Crippen LogP) is 7.21. The smallest absolute Gasteiger partial charge is 0.366 e. The zero-order valence-corrected chi connectivity index (χ0v) is 28.9. The Hall–Kier alpha value is -2.91. The van der Waals surface area contributed by atoms with E-state index in [0.717, 1.165) is 16.7 Å². The number of nitrogens with two attached hydrogens (primary N) is 1. The third kappa shape index (κ3) is 9.54. The minimum absolute atomic E-state index is 0.0492. The van der Waals surface area contributed by atoms with Crippen LogP contribution in [0.1, 0.15) is 146 Å². The molecule has 240 valence electrons. The Morgan fingerprint density at radius 1 is 0.721 bits per heavy atom. The molecule has 0 radical (unpaired) electrons. The number of rotatable bonds is 13. The molecular weight excluding hydrogens is 562 g/mol. The van der Waals surface area contributed by atoms with Crippen LogP contribution >= 0.6 is 0 Å². The lowest BCUT2D eigenvalue weighted by molar-refractivity contribution is -0.119. The van der Waals surface area contributed by atoms with Crippen molar-refractivity contribution in [3.63, 3.8) is 0 Å². The number of nitrogens with one attached hydrogen (secondary N) is 2. The molecule has 1 atom stereocenters. The highest BCUT2D eigenvalue weighted by Crippen LogP contribution is 2.38. The third-order valence-electron chi connectivity index (χ3n) is 7.70. The van der Waals surface area contributed by atoms with Crippen molar-refractivity contribution in [2.75, 3.05) is 5.32 Å². The van der Waals surface area contributed by atoms with Gasteiger partial charge in [0.15, 0.2) is 5.75 Å². The molecule has 2 amide bonds. The van der Waals surface area contributed by atoms with Crippen molar-refractivity contribution >= 4 is 27.8 Å². The summed E-state index contributed by atoms with van der Waals surface area (Å²) in [6.07, 6.45) is -0.0862. The first-order valence-electron chi connectivity index (χ1n) is 15.4. The van der Waals surface area contributed by atoms with Crippen LogP contribution in [0.4, 0.5) is 5.69 Å². The van der Waals surface area contributed by atoms with Gasteiger partial charge in [-0.1, -0.05) is 95.2 Å². The number of hydrogen-bond acceptors (Lipinski definition) is 6. The second-order valence-corrected chi connectivity index (χ2v) is 14.7. The average Bonchev–Trinajstić information content (AvgIpc) is 2.87. The van der Waals surface area contributed by atoms with E-state index in [1.807, 2.05) is 41.5 Å². The number of hydrogen-bond donors (Lipinski definition) is 3. The summed E-state index contributed by atoms with van der Waals surface area (Å²) in [7, 11) is -4.52. The Morgan fingerprint density at radius 3 is 1.53 bits per heavy atom. The molecule has 0 aliphatic heterocycles. The first kappa shape index (κ1) is 36.3. The molecule has 0 bridgehead atoms. The van der Waals surface area contributed by atoms with E-state index in [0.29, 0.717) is 22.7 Å². The number of carbonyl (C=O) groups excluding carboxylic acids is 2. The Balaban J connectivity index is 2.46. The first-order valence-corrected chi connectivity index (χ1v) is 16.8. The van der Waals surface area contributed by atoms with E-state index in [2.05, 4.69) is 63.7 Å². The van der Waals surface area contributed by atoms with E-state index in [1.165, 1.54) is 5.56 Å². The van der Waals surface area contributed by atoms with Gasteiger partial charge in [0, 0.05) is 16.8 Å². The summed E-state index contributed by atoms with van der Waals surface area (Å²) in [6, 6.07) is 6.98. The summed E-state index contributed by atoms with van der Waals surface area (Å²) in [5.41, 5.74) is 11.9. The van der Waals surface area contributed by atoms with Gasteiger partial charge in [0.25, 0.3) is 0 Å². The predicted molar refractivity (Wildman–Crippen MR) is 176 cm³/mol. The highest BCUT2D eigenvalue weighted by atomic mass is 32.2. The normalized spacial score (nSPS) is 13.0. The summed E-state index contributed by atoms with van der Waals surface area (Å²) < 4.78 is 34.4. The second kappa shape index (κ2) is 14.7. The molecule has 9 heteroatoms. The van der Waals surface area contributed by atoms with Crippen LogP contribution in [0.25, 0.3) is 0 Å². The fourth-order valence-electron chi connectivity index (χ4n) is 5.00. The lowest BCUT2D eigenvalue weighted by Gasteiger charge is -2.23. The summed E-state index contributed by atoms with van der Waals surface area (Å²) in [5.74, 6) is -0.530. The van der Waals surface area contributed by atoms with Crippen LogP contribution in [0, 0.1) is 5.92 Å². The van der Waals surface area contributed by atoms with Gasteiger partial charge >= 0.3 is 10.3 Å². The molecule has 0 aliphatic carbocycles. The van der Waals surface area contributed by atoms with Crippen molar-refractivity contribution in [2.45, 2.75) is 125 Å². The highest BCUT2D eigenvalue weighted by molar-refractivity contribution is 7.85. The maximum atomic E-state index is 13.3. The van der Waals surface area contributed by atoms with Crippen molar-refractivity contribution in [2.24, 2.45) is 11.7 Å². The Labute approximate surface area is 259 Å². The van der Waals surface area contributed by atoms with E-state index in [9.17, 15) is 18.0 Å². The molecule has 2 rings (SSSR count). The van der Waals surface area contributed by atoms with Crippen LogP contribution in [0.3, 0.4) is 0 Å². The largest absolute Gasteiger partial charge is 0.409 e. The summed E-state index contributed by atoms with van der Waals surface area (Å²) in [5, 5.41) is 2.86. The molecule has 8 nitrogen and oxygen atoms in total. The van der Waals surface area contributed by atoms with Crippen LogP contribution in [-0.4, -0.2) is 26.3 Å². The van der Waals surface area contributed by atoms with Gasteiger partial charge in [0.05, 0.1) is 12.5 Å². The molecular formula is C34H53N3O5S. The quantitative estimate of drug-likeness (QED) is 0.219. The minimum atomic E-state index is -4.52. The van der Waals surface area contributed by atoms with Crippen molar-refractivity contribution in [1.29, 1.82) is 0 Å².